The SMILES string of the molecule is CN(C)CCc1ccccc1Cc1ccc(N2CCn3ncc(C(=O)Nc4cccc(C#N)c4)c3C2=O)cc1. The van der Waals surface area contributed by atoms with Crippen LogP contribution in [-0.4, -0.2) is 53.7 Å². The first-order valence-corrected chi connectivity index (χ1v) is 12.9. The van der Waals surface area contributed by atoms with Crippen molar-refractivity contribution in [1.29, 1.82) is 5.26 Å². The van der Waals surface area contributed by atoms with Gasteiger partial charge in [0.2, 0.25) is 0 Å². The van der Waals surface area contributed by atoms with Crippen LogP contribution >= 0.6 is 0 Å². The summed E-state index contributed by atoms with van der Waals surface area (Å²) in [6.45, 7) is 1.95. The van der Waals surface area contributed by atoms with Crippen molar-refractivity contribution >= 4 is 23.2 Å². The second-order valence-corrected chi connectivity index (χ2v) is 9.90. The third-order valence-corrected chi connectivity index (χ3v) is 6.91. The Hall–Kier alpha value is -4.74. The van der Waals surface area contributed by atoms with Crippen molar-refractivity contribution in [2.24, 2.45) is 0 Å². The van der Waals surface area contributed by atoms with E-state index in [9.17, 15) is 9.59 Å². The van der Waals surface area contributed by atoms with Crippen LogP contribution < -0.4 is 10.2 Å². The highest BCUT2D eigenvalue weighted by Crippen LogP contribution is 2.25. The first-order chi connectivity index (χ1) is 18.9. The molecular weight excluding hydrogens is 488 g/mol. The van der Waals surface area contributed by atoms with Crippen LogP contribution in [0.1, 0.15) is 43.1 Å². The van der Waals surface area contributed by atoms with Crippen LogP contribution in [0.25, 0.3) is 0 Å². The molecule has 0 spiro atoms. The minimum Gasteiger partial charge on any atom is -0.322 e. The maximum atomic E-state index is 13.5. The quantitative estimate of drug-likeness (QED) is 0.374. The summed E-state index contributed by atoms with van der Waals surface area (Å²) in [6, 6.07) is 25.3. The largest absolute Gasteiger partial charge is 0.322 e. The van der Waals surface area contributed by atoms with E-state index in [1.165, 1.54) is 22.9 Å². The van der Waals surface area contributed by atoms with Crippen LogP contribution in [0.2, 0.25) is 0 Å². The number of hydrogen-bond donors (Lipinski definition) is 1. The lowest BCUT2D eigenvalue weighted by molar-refractivity contribution is 0.0947. The molecule has 0 saturated carbocycles. The van der Waals surface area contributed by atoms with Crippen molar-refractivity contribution < 1.29 is 9.59 Å². The van der Waals surface area contributed by atoms with Crippen LogP contribution in [0.5, 0.6) is 0 Å². The molecule has 0 bridgehead atoms. The summed E-state index contributed by atoms with van der Waals surface area (Å²) in [6.07, 6.45) is 3.25. The van der Waals surface area contributed by atoms with E-state index < -0.39 is 5.91 Å². The molecule has 8 nitrogen and oxygen atoms in total. The van der Waals surface area contributed by atoms with Gasteiger partial charge in [0, 0.05) is 24.5 Å². The van der Waals surface area contributed by atoms with E-state index in [1.807, 2.05) is 12.1 Å². The van der Waals surface area contributed by atoms with Gasteiger partial charge < -0.3 is 15.1 Å². The number of nitrogens with zero attached hydrogens (tertiary/aromatic N) is 5. The van der Waals surface area contributed by atoms with E-state index in [2.05, 4.69) is 71.9 Å². The predicted molar refractivity (Wildman–Crippen MR) is 151 cm³/mol. The number of nitriles is 1. The molecule has 4 aromatic rings. The van der Waals surface area contributed by atoms with E-state index in [4.69, 9.17) is 5.26 Å². The Morgan fingerprint density at radius 1 is 1.03 bits per heavy atom. The number of carbonyl (C=O) groups excluding carboxylic acids is 2. The van der Waals surface area contributed by atoms with Crippen LogP contribution in [-0.2, 0) is 19.4 Å². The van der Waals surface area contributed by atoms with E-state index in [0.29, 0.717) is 24.3 Å². The average molecular weight is 519 g/mol. The summed E-state index contributed by atoms with van der Waals surface area (Å²) in [5.41, 5.74) is 5.99. The lowest BCUT2D eigenvalue weighted by atomic mass is 9.97. The molecule has 0 fully saturated rings. The summed E-state index contributed by atoms with van der Waals surface area (Å²) in [7, 11) is 4.17. The van der Waals surface area contributed by atoms with E-state index in [-0.39, 0.29) is 17.2 Å². The molecule has 1 aliphatic rings. The average Bonchev–Trinajstić information content (AvgIpc) is 3.39. The highest BCUT2D eigenvalue weighted by molar-refractivity contribution is 6.15. The summed E-state index contributed by atoms with van der Waals surface area (Å²) in [4.78, 5) is 30.5. The number of hydrogen-bond acceptors (Lipinski definition) is 5. The Bertz CT molecular complexity index is 1550. The molecule has 0 unspecified atom stereocenters. The molecule has 1 N–H and O–H groups in total. The molecular formula is C31H30N6O2. The number of rotatable bonds is 8. The maximum Gasteiger partial charge on any atom is 0.277 e. The zero-order valence-corrected chi connectivity index (χ0v) is 22.1. The second kappa shape index (κ2) is 11.3. The molecule has 0 atom stereocenters. The Kier molecular flexibility index (Phi) is 7.53. The van der Waals surface area contributed by atoms with Crippen molar-refractivity contribution in [3.8, 4) is 6.07 Å². The molecule has 2 amide bonds. The van der Waals surface area contributed by atoms with Gasteiger partial charge in [-0.05, 0) is 74.0 Å². The van der Waals surface area contributed by atoms with E-state index in [1.54, 1.807) is 33.8 Å². The Morgan fingerprint density at radius 2 is 1.79 bits per heavy atom. The smallest absolute Gasteiger partial charge is 0.277 e. The molecule has 1 aliphatic heterocycles. The van der Waals surface area contributed by atoms with Gasteiger partial charge in [0.05, 0.1) is 29.9 Å². The first-order valence-electron chi connectivity index (χ1n) is 12.9. The number of carbonyl (C=O) groups is 2. The predicted octanol–water partition coefficient (Wildman–Crippen LogP) is 4.36. The molecule has 0 saturated heterocycles. The van der Waals surface area contributed by atoms with Crippen molar-refractivity contribution in [2.45, 2.75) is 19.4 Å². The third kappa shape index (κ3) is 5.74. The van der Waals surface area contributed by atoms with Gasteiger partial charge in [-0.1, -0.05) is 42.5 Å². The van der Waals surface area contributed by atoms with Gasteiger partial charge in [-0.3, -0.25) is 14.3 Å². The molecule has 2 heterocycles. The monoisotopic (exact) mass is 518 g/mol. The molecule has 8 heteroatoms. The second-order valence-electron chi connectivity index (χ2n) is 9.90. The van der Waals surface area contributed by atoms with Crippen LogP contribution in [0.4, 0.5) is 11.4 Å². The van der Waals surface area contributed by atoms with Gasteiger partial charge in [0.25, 0.3) is 11.8 Å². The van der Waals surface area contributed by atoms with Gasteiger partial charge in [0.1, 0.15) is 5.69 Å². The Morgan fingerprint density at radius 3 is 2.54 bits per heavy atom. The third-order valence-electron chi connectivity index (χ3n) is 6.91. The number of likely N-dealkylation sites (N-methyl/N-ethyl adjacent to an activating group) is 1. The Labute approximate surface area is 228 Å². The highest BCUT2D eigenvalue weighted by atomic mass is 16.2. The fourth-order valence-corrected chi connectivity index (χ4v) is 4.81. The van der Waals surface area contributed by atoms with E-state index >= 15 is 0 Å². The summed E-state index contributed by atoms with van der Waals surface area (Å²) < 4.78 is 1.58. The molecule has 39 heavy (non-hydrogen) atoms. The van der Waals surface area contributed by atoms with Crippen LogP contribution in [0.15, 0.2) is 79.0 Å². The van der Waals surface area contributed by atoms with Crippen molar-refractivity contribution in [3.05, 3.63) is 113 Å². The normalized spacial score (nSPS) is 12.8. The van der Waals surface area contributed by atoms with Gasteiger partial charge in [-0.15, -0.1) is 0 Å². The van der Waals surface area contributed by atoms with Crippen molar-refractivity contribution in [1.82, 2.24) is 14.7 Å². The molecule has 3 aromatic carbocycles. The van der Waals surface area contributed by atoms with Gasteiger partial charge >= 0.3 is 0 Å². The fraction of sp³-hybridized carbons (Fsp3) is 0.226. The van der Waals surface area contributed by atoms with Crippen molar-refractivity contribution in [2.75, 3.05) is 37.4 Å². The molecule has 0 radical (unpaired) electrons. The minimum absolute atomic E-state index is 0.206. The molecule has 1 aromatic heterocycles. The molecule has 196 valence electrons. The van der Waals surface area contributed by atoms with Crippen LogP contribution in [0, 0.1) is 11.3 Å². The summed E-state index contributed by atoms with van der Waals surface area (Å²) >= 11 is 0. The van der Waals surface area contributed by atoms with Crippen LogP contribution in [0.3, 0.4) is 0 Å². The molecule has 5 rings (SSSR count). The van der Waals surface area contributed by atoms with Gasteiger partial charge in [-0.2, -0.15) is 10.4 Å². The zero-order chi connectivity index (χ0) is 27.4. The van der Waals surface area contributed by atoms with Crippen molar-refractivity contribution in [3.63, 3.8) is 0 Å². The Balaban J connectivity index is 1.31. The summed E-state index contributed by atoms with van der Waals surface area (Å²) in [5.74, 6) is -0.707. The topological polar surface area (TPSA) is 94.3 Å². The van der Waals surface area contributed by atoms with E-state index in [0.717, 1.165) is 25.1 Å². The number of amides is 2. The lowest BCUT2D eigenvalue weighted by Crippen LogP contribution is -2.41. The van der Waals surface area contributed by atoms with Gasteiger partial charge in [-0.25, -0.2) is 0 Å². The summed E-state index contributed by atoms with van der Waals surface area (Å²) in [5, 5.41) is 16.2. The number of nitrogens with one attached hydrogen (secondary N) is 1. The zero-order valence-electron chi connectivity index (χ0n) is 22.1. The number of fused-ring (bicyclic) bond motifs is 1. The standard InChI is InChI=1S/C31H30N6O2/c1-35(2)15-14-24-7-3-4-8-25(24)18-22-10-12-27(13-11-22)36-16-17-37-29(31(36)39)28(21-33-37)30(38)34-26-9-5-6-23(19-26)20-32/h3-13,19,21H,14-18H2,1-2H3,(H,34,38). The fourth-order valence-electron chi connectivity index (χ4n) is 4.81. The highest BCUT2D eigenvalue weighted by Gasteiger charge is 2.32. The number of aromatic nitrogens is 2. The number of anilines is 2. The lowest BCUT2D eigenvalue weighted by Gasteiger charge is -2.28. The minimum atomic E-state index is -0.440. The first kappa shape index (κ1) is 25.9. The number of benzene rings is 3. The van der Waals surface area contributed by atoms with Gasteiger partial charge in [0.15, 0.2) is 0 Å². The maximum absolute atomic E-state index is 13.5. The molecule has 0 aliphatic carbocycles.